The number of nitrogens with zero attached hydrogens (tertiary/aromatic N) is 1. The topological polar surface area (TPSA) is 70.4 Å². The fraction of sp³-hybridized carbons (Fsp3) is 0.278. The van der Waals surface area contributed by atoms with Crippen molar-refractivity contribution in [3.05, 3.63) is 58.6 Å². The molecule has 5 heteroatoms. The number of anilines is 1. The van der Waals surface area contributed by atoms with Gasteiger partial charge in [-0.3, -0.25) is 4.57 Å². The van der Waals surface area contributed by atoms with E-state index < -0.39 is 0 Å². The van der Waals surface area contributed by atoms with Crippen molar-refractivity contribution in [3.63, 3.8) is 0 Å². The minimum absolute atomic E-state index is 0.307. The van der Waals surface area contributed by atoms with Gasteiger partial charge in [0.25, 0.3) is 0 Å². The number of rotatable bonds is 6. The van der Waals surface area contributed by atoms with Crippen LogP contribution in [0.25, 0.3) is 11.1 Å². The van der Waals surface area contributed by atoms with Gasteiger partial charge in [0.2, 0.25) is 0 Å². The first kappa shape index (κ1) is 15.2. The van der Waals surface area contributed by atoms with Crippen LogP contribution in [0.4, 0.5) is 5.69 Å². The molecule has 23 heavy (non-hydrogen) atoms. The average Bonchev–Trinajstić information content (AvgIpc) is 2.84. The molecule has 0 bridgehead atoms. The number of aromatic nitrogens is 1. The smallest absolute Gasteiger partial charge is 0.419 e. The fourth-order valence-corrected chi connectivity index (χ4v) is 2.55. The zero-order chi connectivity index (χ0) is 16.2. The number of para-hydroxylation sites is 2. The molecule has 0 unspecified atom stereocenters. The third-order valence-corrected chi connectivity index (χ3v) is 3.78. The van der Waals surface area contributed by atoms with Crippen LogP contribution in [0.1, 0.15) is 18.4 Å². The Morgan fingerprint density at radius 2 is 2.00 bits per heavy atom. The molecule has 2 aromatic carbocycles. The lowest BCUT2D eigenvalue weighted by Gasteiger charge is -2.08. The van der Waals surface area contributed by atoms with Gasteiger partial charge in [0.05, 0.1) is 17.8 Å². The number of hydrogen-bond acceptors (Lipinski definition) is 4. The summed E-state index contributed by atoms with van der Waals surface area (Å²) in [6, 6.07) is 13.2. The number of oxazole rings is 1. The summed E-state index contributed by atoms with van der Waals surface area (Å²) in [7, 11) is 0. The molecule has 0 fully saturated rings. The molecule has 0 aliphatic heterocycles. The van der Waals surface area contributed by atoms with Crippen LogP contribution in [0.5, 0.6) is 5.75 Å². The highest BCUT2D eigenvalue weighted by Crippen LogP contribution is 2.20. The fourth-order valence-electron chi connectivity index (χ4n) is 2.55. The Labute approximate surface area is 134 Å². The summed E-state index contributed by atoms with van der Waals surface area (Å²) < 4.78 is 12.6. The molecule has 0 spiro atoms. The number of hydrogen-bond donors (Lipinski definition) is 1. The summed E-state index contributed by atoms with van der Waals surface area (Å²) in [4.78, 5) is 11.9. The second kappa shape index (κ2) is 6.60. The van der Waals surface area contributed by atoms with Crippen LogP contribution in [0.2, 0.25) is 0 Å². The number of unbranched alkanes of at least 4 members (excludes halogenated alkanes) is 1. The van der Waals surface area contributed by atoms with Crippen molar-refractivity contribution in [1.29, 1.82) is 0 Å². The standard InChI is InChI=1S/C18H20N2O3/c1-13-8-9-17-15(12-13)20(18(21)23-17)10-4-5-11-22-16-7-3-2-6-14(16)19/h2-3,6-9,12H,4-5,10-11,19H2,1H3. The monoisotopic (exact) mass is 312 g/mol. The Hall–Kier alpha value is -2.69. The van der Waals surface area contributed by atoms with E-state index in [2.05, 4.69) is 0 Å². The third kappa shape index (κ3) is 3.39. The Bertz CT molecular complexity index is 864. The molecule has 0 radical (unpaired) electrons. The number of fused-ring (bicyclic) bond motifs is 1. The molecule has 5 nitrogen and oxygen atoms in total. The molecule has 0 saturated heterocycles. The van der Waals surface area contributed by atoms with Crippen LogP contribution < -0.4 is 16.2 Å². The van der Waals surface area contributed by atoms with Crippen molar-refractivity contribution in [1.82, 2.24) is 4.57 Å². The molecule has 0 aliphatic rings. The van der Waals surface area contributed by atoms with E-state index in [1.165, 1.54) is 0 Å². The second-order valence-electron chi connectivity index (χ2n) is 5.58. The summed E-state index contributed by atoms with van der Waals surface area (Å²) >= 11 is 0. The number of nitrogen functional groups attached to an aromatic ring is 1. The van der Waals surface area contributed by atoms with Gasteiger partial charge in [0.15, 0.2) is 5.58 Å². The van der Waals surface area contributed by atoms with E-state index in [9.17, 15) is 4.79 Å². The minimum atomic E-state index is -0.307. The molecule has 3 aromatic rings. The molecule has 0 amide bonds. The lowest BCUT2D eigenvalue weighted by atomic mass is 10.2. The molecule has 1 aromatic heterocycles. The van der Waals surface area contributed by atoms with Crippen molar-refractivity contribution in [2.45, 2.75) is 26.3 Å². The molecule has 0 aliphatic carbocycles. The zero-order valence-electron chi connectivity index (χ0n) is 13.1. The second-order valence-corrected chi connectivity index (χ2v) is 5.58. The molecule has 3 rings (SSSR count). The highest BCUT2D eigenvalue weighted by Gasteiger charge is 2.08. The van der Waals surface area contributed by atoms with Crippen LogP contribution in [0, 0.1) is 6.92 Å². The quantitative estimate of drug-likeness (QED) is 0.560. The summed E-state index contributed by atoms with van der Waals surface area (Å²) in [5, 5.41) is 0. The average molecular weight is 312 g/mol. The summed E-state index contributed by atoms with van der Waals surface area (Å²) in [5.74, 6) is 0.396. The molecule has 1 heterocycles. The molecule has 120 valence electrons. The first-order valence-electron chi connectivity index (χ1n) is 7.72. The van der Waals surface area contributed by atoms with E-state index in [0.717, 1.165) is 23.9 Å². The van der Waals surface area contributed by atoms with E-state index >= 15 is 0 Å². The normalized spacial score (nSPS) is 11.0. The maximum Gasteiger partial charge on any atom is 0.419 e. The van der Waals surface area contributed by atoms with Crippen LogP contribution in [0.3, 0.4) is 0 Å². The predicted molar refractivity (Wildman–Crippen MR) is 90.8 cm³/mol. The van der Waals surface area contributed by atoms with E-state index in [4.69, 9.17) is 14.9 Å². The first-order chi connectivity index (χ1) is 11.1. The summed E-state index contributed by atoms with van der Waals surface area (Å²) in [6.45, 7) is 3.18. The van der Waals surface area contributed by atoms with E-state index in [-0.39, 0.29) is 5.76 Å². The molecule has 0 saturated carbocycles. The van der Waals surface area contributed by atoms with Crippen molar-refractivity contribution in [3.8, 4) is 5.75 Å². The van der Waals surface area contributed by atoms with Gasteiger partial charge in [-0.05, 0) is 49.6 Å². The SMILES string of the molecule is Cc1ccc2oc(=O)n(CCCCOc3ccccc3N)c2c1. The Balaban J connectivity index is 1.57. The lowest BCUT2D eigenvalue weighted by molar-refractivity contribution is 0.304. The molecular weight excluding hydrogens is 292 g/mol. The van der Waals surface area contributed by atoms with Gasteiger partial charge < -0.3 is 14.9 Å². The van der Waals surface area contributed by atoms with Crippen LogP contribution in [0.15, 0.2) is 51.7 Å². The first-order valence-corrected chi connectivity index (χ1v) is 7.72. The van der Waals surface area contributed by atoms with E-state index in [0.29, 0.717) is 30.2 Å². The van der Waals surface area contributed by atoms with Crippen molar-refractivity contribution >= 4 is 16.8 Å². The molecular formula is C18H20N2O3. The van der Waals surface area contributed by atoms with Crippen molar-refractivity contribution in [2.24, 2.45) is 0 Å². The Morgan fingerprint density at radius 3 is 2.83 bits per heavy atom. The number of aryl methyl sites for hydroxylation is 2. The lowest BCUT2D eigenvalue weighted by Crippen LogP contribution is -2.14. The van der Waals surface area contributed by atoms with Crippen molar-refractivity contribution < 1.29 is 9.15 Å². The highest BCUT2D eigenvalue weighted by molar-refractivity contribution is 5.73. The van der Waals surface area contributed by atoms with Gasteiger partial charge in [0.1, 0.15) is 5.75 Å². The Kier molecular flexibility index (Phi) is 4.37. The van der Waals surface area contributed by atoms with Gasteiger partial charge in [-0.1, -0.05) is 18.2 Å². The van der Waals surface area contributed by atoms with Crippen molar-refractivity contribution in [2.75, 3.05) is 12.3 Å². The van der Waals surface area contributed by atoms with Gasteiger partial charge >= 0.3 is 5.76 Å². The molecule has 2 N–H and O–H groups in total. The van der Waals surface area contributed by atoms with E-state index in [1.54, 1.807) is 4.57 Å². The van der Waals surface area contributed by atoms with Crippen LogP contribution >= 0.6 is 0 Å². The van der Waals surface area contributed by atoms with Gasteiger partial charge in [0, 0.05) is 6.54 Å². The van der Waals surface area contributed by atoms with E-state index in [1.807, 2.05) is 49.4 Å². The van der Waals surface area contributed by atoms with Gasteiger partial charge in [-0.25, -0.2) is 4.79 Å². The predicted octanol–water partition coefficient (Wildman–Crippen LogP) is 3.34. The van der Waals surface area contributed by atoms with Crippen LogP contribution in [-0.2, 0) is 6.54 Å². The van der Waals surface area contributed by atoms with Gasteiger partial charge in [-0.15, -0.1) is 0 Å². The molecule has 0 atom stereocenters. The van der Waals surface area contributed by atoms with Gasteiger partial charge in [-0.2, -0.15) is 0 Å². The maximum atomic E-state index is 11.9. The number of nitrogens with two attached hydrogens (primary N) is 1. The largest absolute Gasteiger partial charge is 0.491 e. The number of benzene rings is 2. The zero-order valence-corrected chi connectivity index (χ0v) is 13.1. The maximum absolute atomic E-state index is 11.9. The number of ether oxygens (including phenoxy) is 1. The third-order valence-electron chi connectivity index (χ3n) is 3.78. The minimum Gasteiger partial charge on any atom is -0.491 e. The summed E-state index contributed by atoms with van der Waals surface area (Å²) in [6.07, 6.45) is 1.66. The van der Waals surface area contributed by atoms with Crippen LogP contribution in [-0.4, -0.2) is 11.2 Å². The Morgan fingerprint density at radius 1 is 1.17 bits per heavy atom. The highest BCUT2D eigenvalue weighted by atomic mass is 16.5. The summed E-state index contributed by atoms with van der Waals surface area (Å²) in [5.41, 5.74) is 9.05.